The molecule has 0 aliphatic carbocycles. The lowest BCUT2D eigenvalue weighted by molar-refractivity contribution is 0.0986. The van der Waals surface area contributed by atoms with Gasteiger partial charge in [0.2, 0.25) is 5.82 Å². The fourth-order valence-corrected chi connectivity index (χ4v) is 0.489. The summed E-state index contributed by atoms with van der Waals surface area (Å²) >= 11 is 0. The number of amides is 2. The lowest BCUT2D eigenvalue weighted by atomic mass is 10.6. The maximum atomic E-state index is 10.4. The molecular formula is C3H4N6O2. The van der Waals surface area contributed by atoms with Crippen LogP contribution in [0.5, 0.6) is 0 Å². The van der Waals surface area contributed by atoms with Crippen molar-refractivity contribution in [2.24, 2.45) is 11.5 Å². The zero-order chi connectivity index (χ0) is 8.43. The first-order chi connectivity index (χ1) is 5.13. The van der Waals surface area contributed by atoms with Crippen molar-refractivity contribution in [3.8, 4) is 0 Å². The first kappa shape index (κ1) is 7.12. The standard InChI is InChI=1S/C3H4N6O2/c4-1(10)2-6-7-8-9(2)3(5)11/h(H2,4,10)(H2,5,11). The summed E-state index contributed by atoms with van der Waals surface area (Å²) in [6.07, 6.45) is 0. The summed E-state index contributed by atoms with van der Waals surface area (Å²) in [7, 11) is 0. The minimum atomic E-state index is -0.955. The molecule has 0 unspecified atom stereocenters. The van der Waals surface area contributed by atoms with E-state index in [1.54, 1.807) is 0 Å². The van der Waals surface area contributed by atoms with Gasteiger partial charge in [0.15, 0.2) is 0 Å². The molecule has 1 heterocycles. The molecule has 1 rings (SSSR count). The maximum absolute atomic E-state index is 10.4. The van der Waals surface area contributed by atoms with E-state index in [9.17, 15) is 9.59 Å². The second kappa shape index (κ2) is 2.33. The Kier molecular flexibility index (Phi) is 1.51. The molecule has 0 spiro atoms. The molecule has 0 saturated carbocycles. The van der Waals surface area contributed by atoms with Crippen molar-refractivity contribution in [3.63, 3.8) is 0 Å². The lowest BCUT2D eigenvalue weighted by Crippen LogP contribution is -2.28. The smallest absolute Gasteiger partial charge is 0.343 e. The Labute approximate surface area is 60.1 Å². The van der Waals surface area contributed by atoms with Gasteiger partial charge < -0.3 is 11.5 Å². The van der Waals surface area contributed by atoms with E-state index in [-0.39, 0.29) is 5.82 Å². The summed E-state index contributed by atoms with van der Waals surface area (Å²) in [5.41, 5.74) is 9.56. The summed E-state index contributed by atoms with van der Waals surface area (Å²) in [4.78, 5) is 20.9. The monoisotopic (exact) mass is 156 g/mol. The van der Waals surface area contributed by atoms with E-state index in [4.69, 9.17) is 11.5 Å². The first-order valence-corrected chi connectivity index (χ1v) is 2.51. The minimum absolute atomic E-state index is 0.377. The summed E-state index contributed by atoms with van der Waals surface area (Å²) in [6.45, 7) is 0. The van der Waals surface area contributed by atoms with E-state index in [1.807, 2.05) is 0 Å². The molecule has 0 radical (unpaired) electrons. The lowest BCUT2D eigenvalue weighted by Gasteiger charge is -1.91. The van der Waals surface area contributed by atoms with E-state index in [0.29, 0.717) is 4.68 Å². The van der Waals surface area contributed by atoms with Gasteiger partial charge in [0.1, 0.15) is 0 Å². The number of nitrogens with two attached hydrogens (primary N) is 2. The Balaban J connectivity index is 3.16. The van der Waals surface area contributed by atoms with Gasteiger partial charge in [-0.15, -0.1) is 9.78 Å². The number of carbonyl (C=O) groups is 2. The topological polar surface area (TPSA) is 130 Å². The predicted molar refractivity (Wildman–Crippen MR) is 31.3 cm³/mol. The number of nitrogens with zero attached hydrogens (tertiary/aromatic N) is 4. The molecule has 1 aromatic heterocycles. The van der Waals surface area contributed by atoms with Crippen LogP contribution in [0.15, 0.2) is 0 Å². The van der Waals surface area contributed by atoms with Gasteiger partial charge in [-0.05, 0) is 10.4 Å². The molecule has 0 fully saturated rings. The van der Waals surface area contributed by atoms with Crippen LogP contribution in [-0.4, -0.2) is 32.1 Å². The third-order valence-electron chi connectivity index (χ3n) is 0.899. The highest BCUT2D eigenvalue weighted by molar-refractivity contribution is 5.92. The first-order valence-electron chi connectivity index (χ1n) is 2.51. The van der Waals surface area contributed by atoms with Crippen LogP contribution in [0.25, 0.3) is 0 Å². The van der Waals surface area contributed by atoms with Crippen LogP contribution in [0.3, 0.4) is 0 Å². The Morgan fingerprint density at radius 3 is 2.36 bits per heavy atom. The number of carbonyl (C=O) groups excluding carboxylic acids is 2. The van der Waals surface area contributed by atoms with E-state index in [1.165, 1.54) is 0 Å². The van der Waals surface area contributed by atoms with Crippen molar-refractivity contribution < 1.29 is 9.59 Å². The fourth-order valence-electron chi connectivity index (χ4n) is 0.489. The highest BCUT2D eigenvalue weighted by Gasteiger charge is 2.14. The van der Waals surface area contributed by atoms with Gasteiger partial charge in [0, 0.05) is 0 Å². The summed E-state index contributed by atoms with van der Waals surface area (Å²) in [6, 6.07) is -0.955. The van der Waals surface area contributed by atoms with Gasteiger partial charge in [-0.25, -0.2) is 4.79 Å². The van der Waals surface area contributed by atoms with E-state index < -0.39 is 11.9 Å². The van der Waals surface area contributed by atoms with Crippen molar-refractivity contribution >= 4 is 11.9 Å². The highest BCUT2D eigenvalue weighted by Crippen LogP contribution is 1.86. The number of tetrazole rings is 1. The average Bonchev–Trinajstić information content (AvgIpc) is 2.32. The van der Waals surface area contributed by atoms with Crippen LogP contribution >= 0.6 is 0 Å². The molecule has 0 aliphatic rings. The third-order valence-corrected chi connectivity index (χ3v) is 0.899. The molecule has 0 aromatic carbocycles. The molecule has 0 bridgehead atoms. The number of aromatic nitrogens is 4. The van der Waals surface area contributed by atoms with Crippen LogP contribution in [0.1, 0.15) is 10.6 Å². The van der Waals surface area contributed by atoms with Crippen molar-refractivity contribution in [2.75, 3.05) is 0 Å². The Morgan fingerprint density at radius 1 is 1.36 bits per heavy atom. The predicted octanol–water partition coefficient (Wildman–Crippen LogP) is -2.30. The third kappa shape index (κ3) is 1.13. The van der Waals surface area contributed by atoms with Gasteiger partial charge >= 0.3 is 6.03 Å². The normalized spacial score (nSPS) is 9.45. The molecule has 11 heavy (non-hydrogen) atoms. The Morgan fingerprint density at radius 2 is 2.00 bits per heavy atom. The molecule has 8 nitrogen and oxygen atoms in total. The number of primary amides is 2. The molecule has 0 saturated heterocycles. The fraction of sp³-hybridized carbons (Fsp3) is 0. The van der Waals surface area contributed by atoms with E-state index in [2.05, 4.69) is 15.5 Å². The molecule has 2 amide bonds. The highest BCUT2D eigenvalue weighted by atomic mass is 16.2. The molecule has 0 atom stereocenters. The average molecular weight is 156 g/mol. The van der Waals surface area contributed by atoms with Gasteiger partial charge in [-0.2, -0.15) is 0 Å². The van der Waals surface area contributed by atoms with Crippen molar-refractivity contribution in [3.05, 3.63) is 5.82 Å². The van der Waals surface area contributed by atoms with Crippen LogP contribution in [0.4, 0.5) is 4.79 Å². The summed E-state index contributed by atoms with van der Waals surface area (Å²) in [5, 5.41) is 9.31. The Bertz CT molecular complexity index is 274. The Hall–Kier alpha value is -1.99. The van der Waals surface area contributed by atoms with Crippen molar-refractivity contribution in [2.45, 2.75) is 0 Å². The maximum Gasteiger partial charge on any atom is 0.343 e. The van der Waals surface area contributed by atoms with Crippen LogP contribution in [0, 0.1) is 0 Å². The second-order valence-corrected chi connectivity index (χ2v) is 1.62. The molecular weight excluding hydrogens is 152 g/mol. The van der Waals surface area contributed by atoms with Gasteiger partial charge in [-0.3, -0.25) is 4.79 Å². The zero-order valence-electron chi connectivity index (χ0n) is 5.26. The zero-order valence-corrected chi connectivity index (χ0v) is 5.26. The van der Waals surface area contributed by atoms with Crippen LogP contribution in [-0.2, 0) is 0 Å². The van der Waals surface area contributed by atoms with E-state index in [0.717, 1.165) is 0 Å². The van der Waals surface area contributed by atoms with Crippen LogP contribution in [0.2, 0.25) is 0 Å². The molecule has 58 valence electrons. The van der Waals surface area contributed by atoms with Crippen LogP contribution < -0.4 is 11.5 Å². The quantitative estimate of drug-likeness (QED) is 0.441. The molecule has 8 heteroatoms. The van der Waals surface area contributed by atoms with Gasteiger partial charge in [0.05, 0.1) is 0 Å². The number of hydrogen-bond acceptors (Lipinski definition) is 5. The molecule has 4 N–H and O–H groups in total. The second-order valence-electron chi connectivity index (χ2n) is 1.62. The van der Waals surface area contributed by atoms with E-state index >= 15 is 0 Å². The van der Waals surface area contributed by atoms with Gasteiger partial charge in [0.25, 0.3) is 5.91 Å². The van der Waals surface area contributed by atoms with Crippen molar-refractivity contribution in [1.82, 2.24) is 20.2 Å². The molecule has 0 aliphatic heterocycles. The van der Waals surface area contributed by atoms with Gasteiger partial charge in [-0.1, -0.05) is 0 Å². The molecule has 1 aromatic rings. The summed E-state index contributed by atoms with van der Waals surface area (Å²) < 4.78 is 0.516. The number of rotatable bonds is 1. The number of hydrogen-bond donors (Lipinski definition) is 2. The minimum Gasteiger partial charge on any atom is -0.363 e. The largest absolute Gasteiger partial charge is 0.363 e. The SMILES string of the molecule is NC(=O)c1nnnn1C(N)=O. The summed E-state index contributed by atoms with van der Waals surface area (Å²) in [5.74, 6) is -1.29. The van der Waals surface area contributed by atoms with Crippen molar-refractivity contribution in [1.29, 1.82) is 0 Å².